The summed E-state index contributed by atoms with van der Waals surface area (Å²) in [4.78, 5) is 19.1. The highest BCUT2D eigenvalue weighted by Gasteiger charge is 2.31. The first-order valence-corrected chi connectivity index (χ1v) is 9.60. The maximum absolute atomic E-state index is 14.5. The highest BCUT2D eigenvalue weighted by molar-refractivity contribution is 5.98. The predicted molar refractivity (Wildman–Crippen MR) is 104 cm³/mol. The second kappa shape index (κ2) is 9.79. The molecular weight excluding hydrogens is 453 g/mol. The molecule has 3 aromatic rings. The van der Waals surface area contributed by atoms with E-state index in [2.05, 4.69) is 19.9 Å². The van der Waals surface area contributed by atoms with Gasteiger partial charge in [-0.15, -0.1) is 18.0 Å². The molecule has 0 N–H and O–H groups in total. The lowest BCUT2D eigenvalue weighted by Crippen LogP contribution is -2.42. The third-order valence-electron chi connectivity index (χ3n) is 4.43. The van der Waals surface area contributed by atoms with Crippen molar-refractivity contribution in [2.75, 3.05) is 13.2 Å². The predicted octanol–water partition coefficient (Wildman–Crippen LogP) is 3.77. The Balaban J connectivity index is 1.75. The number of hydrogen-bond acceptors (Lipinski definition) is 6. The summed E-state index contributed by atoms with van der Waals surface area (Å²) in [5.74, 6) is -3.17. The zero-order valence-corrected chi connectivity index (χ0v) is 17.4. The number of halogens is 5. The highest BCUT2D eigenvalue weighted by Crippen LogP contribution is 2.24. The quantitative estimate of drug-likeness (QED) is 0.466. The molecule has 2 aromatic heterocycles. The standard InChI is InChI=1S/C20H18F5N5O3/c1-3-29(12(2)11-32-17-5-4-14(10-26-17)33-20(23,24)25)19(31)15-8-13(21)9-16(22)18(15)30-27-6-7-28-30/h4-10,12H,3,11H2,1-2H3. The van der Waals surface area contributed by atoms with E-state index < -0.39 is 35.7 Å². The van der Waals surface area contributed by atoms with Crippen molar-refractivity contribution in [2.24, 2.45) is 0 Å². The smallest absolute Gasteiger partial charge is 0.475 e. The molecule has 33 heavy (non-hydrogen) atoms. The number of likely N-dealkylation sites (N-methyl/N-ethyl adjacent to an activating group) is 1. The maximum Gasteiger partial charge on any atom is 0.573 e. The van der Waals surface area contributed by atoms with Crippen LogP contribution in [-0.4, -0.2) is 56.3 Å². The summed E-state index contributed by atoms with van der Waals surface area (Å²) in [7, 11) is 0. The van der Waals surface area contributed by atoms with Crippen LogP contribution >= 0.6 is 0 Å². The summed E-state index contributed by atoms with van der Waals surface area (Å²) in [5, 5.41) is 7.63. The number of aromatic nitrogens is 4. The number of nitrogens with zero attached hydrogens (tertiary/aromatic N) is 5. The number of carbonyl (C=O) groups is 1. The van der Waals surface area contributed by atoms with Gasteiger partial charge in [-0.1, -0.05) is 0 Å². The third-order valence-corrected chi connectivity index (χ3v) is 4.43. The molecule has 0 aliphatic heterocycles. The Morgan fingerprint density at radius 3 is 2.45 bits per heavy atom. The lowest BCUT2D eigenvalue weighted by molar-refractivity contribution is -0.274. The van der Waals surface area contributed by atoms with Gasteiger partial charge in [0.15, 0.2) is 5.82 Å². The molecule has 0 spiro atoms. The Morgan fingerprint density at radius 2 is 1.88 bits per heavy atom. The monoisotopic (exact) mass is 471 g/mol. The molecule has 3 rings (SSSR count). The summed E-state index contributed by atoms with van der Waals surface area (Å²) in [6, 6.07) is 3.12. The van der Waals surface area contributed by atoms with Gasteiger partial charge in [0.2, 0.25) is 5.88 Å². The second-order valence-electron chi connectivity index (χ2n) is 6.73. The molecule has 176 valence electrons. The normalized spacial score (nSPS) is 12.3. The van der Waals surface area contributed by atoms with Crippen LogP contribution in [0.4, 0.5) is 22.0 Å². The summed E-state index contributed by atoms with van der Waals surface area (Å²) in [5.41, 5.74) is -0.593. The fourth-order valence-corrected chi connectivity index (χ4v) is 3.02. The molecular formula is C20H18F5N5O3. The van der Waals surface area contributed by atoms with Crippen LogP contribution in [0.1, 0.15) is 24.2 Å². The van der Waals surface area contributed by atoms with Gasteiger partial charge in [0.1, 0.15) is 23.9 Å². The Hall–Kier alpha value is -3.77. The van der Waals surface area contributed by atoms with Crippen molar-refractivity contribution in [1.82, 2.24) is 24.9 Å². The van der Waals surface area contributed by atoms with Gasteiger partial charge in [-0.2, -0.15) is 10.2 Å². The SMILES string of the molecule is CCN(C(=O)c1cc(F)cc(F)c1-n1nccn1)C(C)COc1ccc(OC(F)(F)F)cn1. The molecule has 1 unspecified atom stereocenters. The van der Waals surface area contributed by atoms with Gasteiger partial charge in [-0.25, -0.2) is 13.8 Å². The number of ether oxygens (including phenoxy) is 2. The van der Waals surface area contributed by atoms with E-state index in [9.17, 15) is 26.7 Å². The maximum atomic E-state index is 14.5. The van der Waals surface area contributed by atoms with Gasteiger partial charge < -0.3 is 14.4 Å². The largest absolute Gasteiger partial charge is 0.573 e. The molecule has 0 fully saturated rings. The summed E-state index contributed by atoms with van der Waals surface area (Å²) in [6.07, 6.45) is -1.44. The fraction of sp³-hybridized carbons (Fsp3) is 0.300. The van der Waals surface area contributed by atoms with Gasteiger partial charge in [0.25, 0.3) is 5.91 Å². The lowest BCUT2D eigenvalue weighted by Gasteiger charge is -2.28. The molecule has 2 heterocycles. The van der Waals surface area contributed by atoms with Crippen molar-refractivity contribution in [2.45, 2.75) is 26.3 Å². The Morgan fingerprint density at radius 1 is 1.18 bits per heavy atom. The van der Waals surface area contributed by atoms with E-state index >= 15 is 0 Å². The Bertz CT molecular complexity index is 1090. The second-order valence-corrected chi connectivity index (χ2v) is 6.73. The summed E-state index contributed by atoms with van der Waals surface area (Å²) >= 11 is 0. The van der Waals surface area contributed by atoms with Gasteiger partial charge in [0, 0.05) is 18.7 Å². The van der Waals surface area contributed by atoms with E-state index in [1.54, 1.807) is 13.8 Å². The van der Waals surface area contributed by atoms with Gasteiger partial charge in [0.05, 0.1) is 30.2 Å². The van der Waals surface area contributed by atoms with Crippen molar-refractivity contribution in [3.8, 4) is 17.3 Å². The summed E-state index contributed by atoms with van der Waals surface area (Å²) in [6.45, 7) is 3.36. The lowest BCUT2D eigenvalue weighted by atomic mass is 10.1. The molecule has 0 saturated carbocycles. The first kappa shape index (κ1) is 23.9. The molecule has 1 atom stereocenters. The number of benzene rings is 1. The van der Waals surface area contributed by atoms with Gasteiger partial charge >= 0.3 is 6.36 Å². The highest BCUT2D eigenvalue weighted by atomic mass is 19.4. The average Bonchev–Trinajstić information content (AvgIpc) is 3.26. The van der Waals surface area contributed by atoms with Crippen LogP contribution in [0.3, 0.4) is 0 Å². The van der Waals surface area contributed by atoms with Crippen LogP contribution in [0.25, 0.3) is 5.69 Å². The average molecular weight is 471 g/mol. The fourth-order valence-electron chi connectivity index (χ4n) is 3.02. The molecule has 0 saturated heterocycles. The number of alkyl halides is 3. The van der Waals surface area contributed by atoms with Crippen LogP contribution in [0, 0.1) is 11.6 Å². The number of amides is 1. The van der Waals surface area contributed by atoms with Crippen LogP contribution in [0.15, 0.2) is 42.9 Å². The Kier molecular flexibility index (Phi) is 7.09. The van der Waals surface area contributed by atoms with E-state index in [0.717, 1.165) is 23.1 Å². The van der Waals surface area contributed by atoms with Crippen molar-refractivity contribution in [3.05, 3.63) is 60.1 Å². The molecule has 0 aliphatic carbocycles. The minimum Gasteiger partial charge on any atom is -0.475 e. The van der Waals surface area contributed by atoms with Crippen molar-refractivity contribution < 1.29 is 36.2 Å². The van der Waals surface area contributed by atoms with E-state index in [1.165, 1.54) is 23.4 Å². The molecule has 1 aromatic carbocycles. The van der Waals surface area contributed by atoms with E-state index in [0.29, 0.717) is 6.07 Å². The van der Waals surface area contributed by atoms with E-state index in [4.69, 9.17) is 4.74 Å². The number of rotatable bonds is 8. The third kappa shape index (κ3) is 5.93. The minimum absolute atomic E-state index is 0.00175. The van der Waals surface area contributed by atoms with E-state index in [-0.39, 0.29) is 30.3 Å². The van der Waals surface area contributed by atoms with Crippen LogP contribution in [-0.2, 0) is 0 Å². The van der Waals surface area contributed by atoms with Gasteiger partial charge in [-0.05, 0) is 26.0 Å². The number of hydrogen-bond donors (Lipinski definition) is 0. The van der Waals surface area contributed by atoms with Gasteiger partial charge in [-0.3, -0.25) is 4.79 Å². The molecule has 13 heteroatoms. The topological polar surface area (TPSA) is 82.4 Å². The van der Waals surface area contributed by atoms with Crippen molar-refractivity contribution in [3.63, 3.8) is 0 Å². The zero-order chi connectivity index (χ0) is 24.2. The van der Waals surface area contributed by atoms with Crippen molar-refractivity contribution in [1.29, 1.82) is 0 Å². The molecule has 0 aliphatic rings. The van der Waals surface area contributed by atoms with Crippen LogP contribution in [0.5, 0.6) is 11.6 Å². The first-order chi connectivity index (χ1) is 15.6. The van der Waals surface area contributed by atoms with Crippen LogP contribution < -0.4 is 9.47 Å². The minimum atomic E-state index is -4.85. The molecule has 0 bridgehead atoms. The Labute approximate surface area is 184 Å². The zero-order valence-electron chi connectivity index (χ0n) is 17.4. The number of carbonyl (C=O) groups excluding carboxylic acids is 1. The molecule has 8 nitrogen and oxygen atoms in total. The van der Waals surface area contributed by atoms with Crippen LogP contribution in [0.2, 0.25) is 0 Å². The van der Waals surface area contributed by atoms with Crippen molar-refractivity contribution >= 4 is 5.91 Å². The molecule has 0 radical (unpaired) electrons. The first-order valence-electron chi connectivity index (χ1n) is 9.60. The molecule has 1 amide bonds. The number of pyridine rings is 1. The summed E-state index contributed by atoms with van der Waals surface area (Å²) < 4.78 is 74.3. The van der Waals surface area contributed by atoms with E-state index in [1.807, 2.05) is 0 Å².